The summed E-state index contributed by atoms with van der Waals surface area (Å²) in [5, 5.41) is 2.93. The summed E-state index contributed by atoms with van der Waals surface area (Å²) in [4.78, 5) is 12.6. The van der Waals surface area contributed by atoms with Crippen molar-refractivity contribution in [3.8, 4) is 23.0 Å². The van der Waals surface area contributed by atoms with Crippen molar-refractivity contribution in [3.63, 3.8) is 0 Å². The lowest BCUT2D eigenvalue weighted by atomic mass is 10.1. The SMILES string of the molecule is CCOc1ccc(CNC(=O)C2=Cc3cccc(OCC)c3OC2)cc1OC. The molecule has 2 aromatic rings. The molecule has 6 nitrogen and oxygen atoms in total. The van der Waals surface area contributed by atoms with Gasteiger partial charge in [-0.15, -0.1) is 0 Å². The maximum absolute atomic E-state index is 12.6. The molecule has 0 bridgehead atoms. The summed E-state index contributed by atoms with van der Waals surface area (Å²) in [6.07, 6.45) is 1.84. The summed E-state index contributed by atoms with van der Waals surface area (Å²) in [7, 11) is 1.60. The summed E-state index contributed by atoms with van der Waals surface area (Å²) in [6.45, 7) is 5.55. The Hall–Kier alpha value is -3.15. The first kappa shape index (κ1) is 19.6. The molecule has 1 amide bonds. The topological polar surface area (TPSA) is 66.0 Å². The van der Waals surface area contributed by atoms with Gasteiger partial charge in [-0.1, -0.05) is 18.2 Å². The number of methoxy groups -OCH3 is 1. The number of para-hydroxylation sites is 1. The number of ether oxygens (including phenoxy) is 4. The number of amides is 1. The third kappa shape index (κ3) is 4.39. The second kappa shape index (κ2) is 9.17. The molecule has 0 saturated heterocycles. The molecule has 0 spiro atoms. The van der Waals surface area contributed by atoms with E-state index >= 15 is 0 Å². The van der Waals surface area contributed by atoms with Crippen molar-refractivity contribution in [2.75, 3.05) is 26.9 Å². The molecule has 0 aromatic heterocycles. The van der Waals surface area contributed by atoms with Crippen LogP contribution in [0.2, 0.25) is 0 Å². The van der Waals surface area contributed by atoms with Gasteiger partial charge in [-0.05, 0) is 43.7 Å². The predicted molar refractivity (Wildman–Crippen MR) is 107 cm³/mol. The molecule has 0 radical (unpaired) electrons. The third-order valence-corrected chi connectivity index (χ3v) is 4.28. The molecule has 0 atom stereocenters. The predicted octanol–water partition coefficient (Wildman–Crippen LogP) is 3.58. The third-order valence-electron chi connectivity index (χ3n) is 4.28. The Kier molecular flexibility index (Phi) is 6.42. The molecule has 148 valence electrons. The van der Waals surface area contributed by atoms with Gasteiger partial charge in [-0.25, -0.2) is 0 Å². The normalized spacial score (nSPS) is 12.3. The highest BCUT2D eigenvalue weighted by atomic mass is 16.5. The molecule has 1 N–H and O–H groups in total. The van der Waals surface area contributed by atoms with E-state index in [0.717, 1.165) is 11.1 Å². The largest absolute Gasteiger partial charge is 0.493 e. The van der Waals surface area contributed by atoms with E-state index in [2.05, 4.69) is 5.32 Å². The van der Waals surface area contributed by atoms with Crippen LogP contribution in [0, 0.1) is 0 Å². The number of hydrogen-bond acceptors (Lipinski definition) is 5. The zero-order chi connectivity index (χ0) is 19.9. The number of rotatable bonds is 8. The van der Waals surface area contributed by atoms with Gasteiger partial charge in [0.1, 0.15) is 6.61 Å². The Morgan fingerprint density at radius 2 is 1.86 bits per heavy atom. The Bertz CT molecular complexity index is 875. The Morgan fingerprint density at radius 1 is 1.07 bits per heavy atom. The second-order valence-corrected chi connectivity index (χ2v) is 6.17. The van der Waals surface area contributed by atoms with E-state index in [1.165, 1.54) is 0 Å². The minimum Gasteiger partial charge on any atom is -0.493 e. The molecule has 1 aliphatic heterocycles. The lowest BCUT2D eigenvalue weighted by Crippen LogP contribution is -2.28. The van der Waals surface area contributed by atoms with Crippen LogP contribution in [0.25, 0.3) is 6.08 Å². The summed E-state index contributed by atoms with van der Waals surface area (Å²) in [6, 6.07) is 11.3. The van der Waals surface area contributed by atoms with Crippen LogP contribution in [-0.2, 0) is 11.3 Å². The minimum absolute atomic E-state index is 0.166. The Balaban J connectivity index is 1.68. The van der Waals surface area contributed by atoms with Gasteiger partial charge in [0.05, 0.1) is 25.9 Å². The molecular weight excluding hydrogens is 358 g/mol. The van der Waals surface area contributed by atoms with Crippen LogP contribution in [0.3, 0.4) is 0 Å². The zero-order valence-corrected chi connectivity index (χ0v) is 16.4. The fraction of sp³-hybridized carbons (Fsp3) is 0.318. The molecule has 2 aromatic carbocycles. The van der Waals surface area contributed by atoms with Crippen LogP contribution >= 0.6 is 0 Å². The van der Waals surface area contributed by atoms with E-state index in [1.807, 2.05) is 56.3 Å². The minimum atomic E-state index is -0.166. The van der Waals surface area contributed by atoms with Gasteiger partial charge in [0.15, 0.2) is 23.0 Å². The van der Waals surface area contributed by atoms with Crippen LogP contribution in [0.4, 0.5) is 0 Å². The fourth-order valence-corrected chi connectivity index (χ4v) is 2.97. The highest BCUT2D eigenvalue weighted by Gasteiger charge is 2.20. The molecule has 0 fully saturated rings. The standard InChI is InChI=1S/C22H25NO5/c1-4-26-18-10-9-15(11-20(18)25-3)13-23-22(24)17-12-16-7-6-8-19(27-5-2)21(16)28-14-17/h6-12H,4-5,13-14H2,1-3H3,(H,23,24). The number of carbonyl (C=O) groups is 1. The van der Waals surface area contributed by atoms with E-state index in [1.54, 1.807) is 7.11 Å². The monoisotopic (exact) mass is 383 g/mol. The quantitative estimate of drug-likeness (QED) is 0.755. The molecule has 0 unspecified atom stereocenters. The van der Waals surface area contributed by atoms with Crippen molar-refractivity contribution >= 4 is 12.0 Å². The van der Waals surface area contributed by atoms with Crippen LogP contribution in [0.15, 0.2) is 42.0 Å². The first-order valence-electron chi connectivity index (χ1n) is 9.33. The summed E-state index contributed by atoms with van der Waals surface area (Å²) >= 11 is 0. The maximum atomic E-state index is 12.6. The fourth-order valence-electron chi connectivity index (χ4n) is 2.97. The smallest absolute Gasteiger partial charge is 0.250 e. The van der Waals surface area contributed by atoms with Crippen LogP contribution < -0.4 is 24.3 Å². The molecule has 3 rings (SSSR count). The van der Waals surface area contributed by atoms with E-state index in [9.17, 15) is 4.79 Å². The number of benzene rings is 2. The van der Waals surface area contributed by atoms with Gasteiger partial charge in [0, 0.05) is 12.1 Å². The average Bonchev–Trinajstić information content (AvgIpc) is 2.73. The molecular formula is C22H25NO5. The highest BCUT2D eigenvalue weighted by molar-refractivity contribution is 5.99. The maximum Gasteiger partial charge on any atom is 0.250 e. The number of hydrogen-bond donors (Lipinski definition) is 1. The van der Waals surface area contributed by atoms with Crippen molar-refractivity contribution in [1.82, 2.24) is 5.32 Å². The molecule has 28 heavy (non-hydrogen) atoms. The lowest BCUT2D eigenvalue weighted by molar-refractivity contribution is -0.117. The molecule has 6 heteroatoms. The van der Waals surface area contributed by atoms with Crippen LogP contribution in [-0.4, -0.2) is 32.8 Å². The average molecular weight is 383 g/mol. The number of nitrogens with one attached hydrogen (secondary N) is 1. The summed E-state index contributed by atoms with van der Waals surface area (Å²) < 4.78 is 22.2. The van der Waals surface area contributed by atoms with E-state index in [0.29, 0.717) is 48.3 Å². The summed E-state index contributed by atoms with van der Waals surface area (Å²) in [5.41, 5.74) is 2.33. The first-order chi connectivity index (χ1) is 13.7. The van der Waals surface area contributed by atoms with Crippen molar-refractivity contribution in [2.24, 2.45) is 0 Å². The van der Waals surface area contributed by atoms with E-state index in [-0.39, 0.29) is 12.5 Å². The van der Waals surface area contributed by atoms with Gasteiger partial charge >= 0.3 is 0 Å². The van der Waals surface area contributed by atoms with Gasteiger partial charge in [-0.2, -0.15) is 0 Å². The van der Waals surface area contributed by atoms with Crippen LogP contribution in [0.5, 0.6) is 23.0 Å². The van der Waals surface area contributed by atoms with Gasteiger partial charge in [0.2, 0.25) is 0 Å². The van der Waals surface area contributed by atoms with E-state index < -0.39 is 0 Å². The van der Waals surface area contributed by atoms with Gasteiger partial charge in [0.25, 0.3) is 5.91 Å². The van der Waals surface area contributed by atoms with Crippen molar-refractivity contribution in [1.29, 1.82) is 0 Å². The lowest BCUT2D eigenvalue weighted by Gasteiger charge is -2.20. The van der Waals surface area contributed by atoms with Crippen molar-refractivity contribution < 1.29 is 23.7 Å². The molecule has 1 heterocycles. The first-order valence-corrected chi connectivity index (χ1v) is 9.33. The molecule has 1 aliphatic rings. The van der Waals surface area contributed by atoms with Crippen LogP contribution in [0.1, 0.15) is 25.0 Å². The van der Waals surface area contributed by atoms with Gasteiger partial charge < -0.3 is 24.3 Å². The molecule has 0 aliphatic carbocycles. The van der Waals surface area contributed by atoms with E-state index in [4.69, 9.17) is 18.9 Å². The Morgan fingerprint density at radius 3 is 2.61 bits per heavy atom. The second-order valence-electron chi connectivity index (χ2n) is 6.17. The number of fused-ring (bicyclic) bond motifs is 1. The number of carbonyl (C=O) groups excluding carboxylic acids is 1. The Labute approximate surface area is 165 Å². The van der Waals surface area contributed by atoms with Crippen molar-refractivity contribution in [2.45, 2.75) is 20.4 Å². The summed E-state index contributed by atoms with van der Waals surface area (Å²) in [5.74, 6) is 2.53. The van der Waals surface area contributed by atoms with Crippen molar-refractivity contribution in [3.05, 3.63) is 53.1 Å². The highest BCUT2D eigenvalue weighted by Crippen LogP contribution is 2.35. The zero-order valence-electron chi connectivity index (χ0n) is 16.4. The molecule has 0 saturated carbocycles. The van der Waals surface area contributed by atoms with Gasteiger partial charge in [-0.3, -0.25) is 4.79 Å².